The fourth-order valence-corrected chi connectivity index (χ4v) is 5.12. The number of aryl methyl sites for hydroxylation is 1. The molecular formula is C26H25N3O4. The second-order valence-electron chi connectivity index (χ2n) is 8.63. The number of ether oxygens (including phenoxy) is 2. The molecule has 1 fully saturated rings. The van der Waals surface area contributed by atoms with Gasteiger partial charge in [0.15, 0.2) is 17.1 Å². The fourth-order valence-electron chi connectivity index (χ4n) is 5.12. The molecule has 4 aromatic rings. The summed E-state index contributed by atoms with van der Waals surface area (Å²) in [4.78, 5) is 15.1. The number of piperidine rings is 1. The average molecular weight is 444 g/mol. The SMILES string of the molecule is CCOc1cccc2cc(C(=O)N3CCC4(CC3)Oc3ccccc3-c3c4cnn3C)oc12. The van der Waals surface area contributed by atoms with E-state index >= 15 is 0 Å². The van der Waals surface area contributed by atoms with Gasteiger partial charge in [-0.1, -0.05) is 24.3 Å². The summed E-state index contributed by atoms with van der Waals surface area (Å²) in [6, 6.07) is 15.6. The lowest BCUT2D eigenvalue weighted by atomic mass is 9.81. The normalized spacial score (nSPS) is 16.4. The zero-order chi connectivity index (χ0) is 22.6. The first kappa shape index (κ1) is 19.9. The quantitative estimate of drug-likeness (QED) is 0.457. The lowest BCUT2D eigenvalue weighted by Gasteiger charge is -2.44. The van der Waals surface area contributed by atoms with E-state index in [1.165, 1.54) is 0 Å². The molecule has 168 valence electrons. The summed E-state index contributed by atoms with van der Waals surface area (Å²) in [5.74, 6) is 1.76. The number of hydrogen-bond donors (Lipinski definition) is 0. The lowest BCUT2D eigenvalue weighted by molar-refractivity contribution is -0.00254. The Morgan fingerprint density at radius 1 is 1.15 bits per heavy atom. The molecule has 2 aliphatic rings. The van der Waals surface area contributed by atoms with Crippen LogP contribution in [0.15, 0.2) is 59.1 Å². The van der Waals surface area contributed by atoms with E-state index in [0.29, 0.717) is 49.6 Å². The van der Waals surface area contributed by atoms with Crippen molar-refractivity contribution >= 4 is 16.9 Å². The van der Waals surface area contributed by atoms with Crippen LogP contribution in [0.2, 0.25) is 0 Å². The van der Waals surface area contributed by atoms with Crippen molar-refractivity contribution in [3.63, 3.8) is 0 Å². The lowest BCUT2D eigenvalue weighted by Crippen LogP contribution is -2.49. The predicted molar refractivity (Wildman–Crippen MR) is 123 cm³/mol. The summed E-state index contributed by atoms with van der Waals surface area (Å²) in [5.41, 5.74) is 3.38. The monoisotopic (exact) mass is 443 g/mol. The van der Waals surface area contributed by atoms with Crippen molar-refractivity contribution in [1.29, 1.82) is 0 Å². The smallest absolute Gasteiger partial charge is 0.289 e. The summed E-state index contributed by atoms with van der Waals surface area (Å²) < 4.78 is 20.1. The zero-order valence-electron chi connectivity index (χ0n) is 18.7. The topological polar surface area (TPSA) is 69.7 Å². The van der Waals surface area contributed by atoms with E-state index in [4.69, 9.17) is 13.9 Å². The molecule has 2 aromatic heterocycles. The third-order valence-electron chi connectivity index (χ3n) is 6.75. The number of fused-ring (bicyclic) bond motifs is 5. The van der Waals surface area contributed by atoms with E-state index in [-0.39, 0.29) is 5.91 Å². The van der Waals surface area contributed by atoms with Gasteiger partial charge in [0.2, 0.25) is 0 Å². The standard InChI is InChI=1S/C26H25N3O4/c1-3-31-21-10-6-7-17-15-22(32-24(17)21)25(30)29-13-11-26(12-14-29)19-16-27-28(2)23(19)18-8-4-5-9-20(18)33-26/h4-10,15-16H,3,11-14H2,1-2H3. The van der Waals surface area contributed by atoms with E-state index in [1.807, 2.05) is 66.1 Å². The molecule has 1 amide bonds. The molecular weight excluding hydrogens is 418 g/mol. The number of para-hydroxylation sites is 2. The van der Waals surface area contributed by atoms with Gasteiger partial charge in [0, 0.05) is 49.5 Å². The van der Waals surface area contributed by atoms with Gasteiger partial charge in [0.1, 0.15) is 11.4 Å². The highest BCUT2D eigenvalue weighted by Crippen LogP contribution is 2.49. The molecule has 0 unspecified atom stereocenters. The van der Waals surface area contributed by atoms with Crippen LogP contribution in [0.5, 0.6) is 11.5 Å². The van der Waals surface area contributed by atoms with Crippen molar-refractivity contribution in [2.24, 2.45) is 7.05 Å². The predicted octanol–water partition coefficient (Wildman–Crippen LogP) is 4.76. The minimum Gasteiger partial charge on any atom is -0.490 e. The highest BCUT2D eigenvalue weighted by molar-refractivity contribution is 5.97. The van der Waals surface area contributed by atoms with Gasteiger partial charge >= 0.3 is 0 Å². The molecule has 4 heterocycles. The van der Waals surface area contributed by atoms with E-state index in [0.717, 1.165) is 28.0 Å². The second kappa shape index (κ2) is 7.40. The number of likely N-dealkylation sites (tertiary alicyclic amines) is 1. The van der Waals surface area contributed by atoms with Crippen molar-refractivity contribution in [3.05, 3.63) is 66.1 Å². The van der Waals surface area contributed by atoms with Gasteiger partial charge < -0.3 is 18.8 Å². The second-order valence-corrected chi connectivity index (χ2v) is 8.63. The first-order chi connectivity index (χ1) is 16.1. The van der Waals surface area contributed by atoms with Gasteiger partial charge in [-0.15, -0.1) is 0 Å². The number of benzene rings is 2. The maximum Gasteiger partial charge on any atom is 0.289 e. The van der Waals surface area contributed by atoms with E-state index in [1.54, 1.807) is 6.07 Å². The Balaban J connectivity index is 1.27. The van der Waals surface area contributed by atoms with Crippen LogP contribution in [0.4, 0.5) is 0 Å². The van der Waals surface area contributed by atoms with Gasteiger partial charge in [-0.3, -0.25) is 9.48 Å². The summed E-state index contributed by atoms with van der Waals surface area (Å²) in [6.45, 7) is 3.61. The van der Waals surface area contributed by atoms with Gasteiger partial charge in [-0.2, -0.15) is 5.10 Å². The molecule has 0 aliphatic carbocycles. The molecule has 0 radical (unpaired) electrons. The van der Waals surface area contributed by atoms with Crippen LogP contribution in [-0.4, -0.2) is 40.3 Å². The molecule has 0 atom stereocenters. The molecule has 6 rings (SSSR count). The third kappa shape index (κ3) is 3.03. The molecule has 0 saturated carbocycles. The van der Waals surface area contributed by atoms with Gasteiger partial charge in [0.25, 0.3) is 5.91 Å². The summed E-state index contributed by atoms with van der Waals surface area (Å²) >= 11 is 0. The number of carbonyl (C=O) groups excluding carboxylic acids is 1. The van der Waals surface area contributed by atoms with Gasteiger partial charge in [-0.05, 0) is 31.2 Å². The van der Waals surface area contributed by atoms with E-state index in [2.05, 4.69) is 11.2 Å². The Morgan fingerprint density at radius 2 is 1.97 bits per heavy atom. The molecule has 2 aromatic carbocycles. The Morgan fingerprint density at radius 3 is 2.79 bits per heavy atom. The van der Waals surface area contributed by atoms with Crippen molar-refractivity contribution in [3.8, 4) is 22.8 Å². The maximum absolute atomic E-state index is 13.3. The van der Waals surface area contributed by atoms with Gasteiger partial charge in [-0.25, -0.2) is 0 Å². The first-order valence-corrected chi connectivity index (χ1v) is 11.4. The van der Waals surface area contributed by atoms with Crippen LogP contribution in [0.1, 0.15) is 35.9 Å². The molecule has 1 spiro atoms. The number of carbonyl (C=O) groups is 1. The Kier molecular flexibility index (Phi) is 4.47. The average Bonchev–Trinajstić information content (AvgIpc) is 3.45. The molecule has 7 heteroatoms. The summed E-state index contributed by atoms with van der Waals surface area (Å²) in [6.07, 6.45) is 3.30. The number of rotatable bonds is 3. The van der Waals surface area contributed by atoms with Crippen LogP contribution in [-0.2, 0) is 12.6 Å². The molecule has 33 heavy (non-hydrogen) atoms. The Hall–Kier alpha value is -3.74. The van der Waals surface area contributed by atoms with Crippen LogP contribution in [0.3, 0.4) is 0 Å². The summed E-state index contributed by atoms with van der Waals surface area (Å²) in [5, 5.41) is 5.39. The first-order valence-electron chi connectivity index (χ1n) is 11.4. The molecule has 7 nitrogen and oxygen atoms in total. The highest BCUT2D eigenvalue weighted by Gasteiger charge is 2.46. The molecule has 2 aliphatic heterocycles. The Labute approximate surface area is 191 Å². The largest absolute Gasteiger partial charge is 0.490 e. The minimum atomic E-state index is -0.481. The van der Waals surface area contributed by atoms with Crippen molar-refractivity contribution in [1.82, 2.24) is 14.7 Å². The van der Waals surface area contributed by atoms with Gasteiger partial charge in [0.05, 0.1) is 18.5 Å². The number of nitrogens with zero attached hydrogens (tertiary/aromatic N) is 3. The molecule has 0 bridgehead atoms. The Bertz CT molecular complexity index is 1360. The van der Waals surface area contributed by atoms with Crippen LogP contribution in [0, 0.1) is 0 Å². The van der Waals surface area contributed by atoms with Crippen molar-refractivity contribution in [2.75, 3.05) is 19.7 Å². The van der Waals surface area contributed by atoms with Crippen molar-refractivity contribution in [2.45, 2.75) is 25.4 Å². The molecule has 1 saturated heterocycles. The van der Waals surface area contributed by atoms with Crippen molar-refractivity contribution < 1.29 is 18.7 Å². The highest BCUT2D eigenvalue weighted by atomic mass is 16.5. The van der Waals surface area contributed by atoms with Crippen LogP contribution in [0.25, 0.3) is 22.2 Å². The van der Waals surface area contributed by atoms with E-state index in [9.17, 15) is 4.79 Å². The number of furan rings is 1. The molecule has 0 N–H and O–H groups in total. The minimum absolute atomic E-state index is 0.105. The van der Waals surface area contributed by atoms with Crippen LogP contribution >= 0.6 is 0 Å². The zero-order valence-corrected chi connectivity index (χ0v) is 18.7. The maximum atomic E-state index is 13.3. The van der Waals surface area contributed by atoms with E-state index < -0.39 is 5.60 Å². The third-order valence-corrected chi connectivity index (χ3v) is 6.75. The number of aromatic nitrogens is 2. The fraction of sp³-hybridized carbons (Fsp3) is 0.308. The number of amides is 1. The summed E-state index contributed by atoms with van der Waals surface area (Å²) in [7, 11) is 1.96. The van der Waals surface area contributed by atoms with Crippen LogP contribution < -0.4 is 9.47 Å². The number of hydrogen-bond acceptors (Lipinski definition) is 5.